The smallest absolute Gasteiger partial charge is 0.264 e. The minimum Gasteiger partial charge on any atom is -0.493 e. The van der Waals surface area contributed by atoms with Gasteiger partial charge in [-0.1, -0.05) is 60.7 Å². The van der Waals surface area contributed by atoms with E-state index in [0.717, 1.165) is 17.9 Å². The molecule has 29 heavy (non-hydrogen) atoms. The second-order valence-electron chi connectivity index (χ2n) is 7.51. The van der Waals surface area contributed by atoms with E-state index in [4.69, 9.17) is 21.7 Å². The highest BCUT2D eigenvalue weighted by molar-refractivity contribution is 7.80. The first-order chi connectivity index (χ1) is 13.9. The molecule has 0 aromatic heterocycles. The zero-order valence-corrected chi connectivity index (χ0v) is 18.0. The van der Waals surface area contributed by atoms with Crippen LogP contribution in [0.2, 0.25) is 0 Å². The number of benzene rings is 3. The van der Waals surface area contributed by atoms with Gasteiger partial charge >= 0.3 is 0 Å². The van der Waals surface area contributed by atoms with Gasteiger partial charge in [0.2, 0.25) is 0 Å². The van der Waals surface area contributed by atoms with Crippen molar-refractivity contribution in [3.8, 4) is 16.9 Å². The average Bonchev–Trinajstić information content (AvgIpc) is 2.74. The number of ether oxygens (including phenoxy) is 2. The Morgan fingerprint density at radius 1 is 0.828 bits per heavy atom. The summed E-state index contributed by atoms with van der Waals surface area (Å²) in [5.41, 5.74) is 2.95. The van der Waals surface area contributed by atoms with Gasteiger partial charge in [-0.05, 0) is 61.5 Å². The van der Waals surface area contributed by atoms with Crippen molar-refractivity contribution in [2.45, 2.75) is 25.9 Å². The van der Waals surface area contributed by atoms with E-state index in [0.29, 0.717) is 11.8 Å². The predicted octanol–water partition coefficient (Wildman–Crippen LogP) is 6.34. The van der Waals surface area contributed by atoms with Crippen molar-refractivity contribution in [1.82, 2.24) is 0 Å². The molecule has 150 valence electrons. The molecule has 3 nitrogen and oxygen atoms in total. The summed E-state index contributed by atoms with van der Waals surface area (Å²) in [6, 6.07) is 28.4. The molecule has 0 radical (unpaired) electrons. The summed E-state index contributed by atoms with van der Waals surface area (Å²) < 4.78 is 12.0. The molecule has 3 aromatic carbocycles. The van der Waals surface area contributed by atoms with E-state index in [9.17, 15) is 0 Å². The summed E-state index contributed by atoms with van der Waals surface area (Å²) in [6.45, 7) is 4.61. The standard InChI is InChI=1S/C25H27NO2S/c1-25(2,28-24(29)26(3)22-12-8-5-9-13-22)18-19-27-23-16-14-21(15-17-23)20-10-6-4-7-11-20/h4-17H,18-19H2,1-3H3. The molecular weight excluding hydrogens is 378 g/mol. The summed E-state index contributed by atoms with van der Waals surface area (Å²) in [4.78, 5) is 1.88. The zero-order valence-electron chi connectivity index (χ0n) is 17.2. The summed E-state index contributed by atoms with van der Waals surface area (Å²) >= 11 is 5.47. The van der Waals surface area contributed by atoms with Crippen molar-refractivity contribution in [1.29, 1.82) is 0 Å². The Kier molecular flexibility index (Phi) is 6.89. The first-order valence-corrected chi connectivity index (χ1v) is 10.2. The Hall–Kier alpha value is -2.85. The molecule has 3 rings (SSSR count). The fourth-order valence-electron chi connectivity index (χ4n) is 2.90. The van der Waals surface area contributed by atoms with Gasteiger partial charge < -0.3 is 14.4 Å². The number of thiocarbonyl (C=S) groups is 1. The number of rotatable bonds is 7. The zero-order chi connectivity index (χ0) is 20.7. The van der Waals surface area contributed by atoms with Gasteiger partial charge in [-0.2, -0.15) is 0 Å². The van der Waals surface area contributed by atoms with Gasteiger partial charge in [0.1, 0.15) is 11.4 Å². The van der Waals surface area contributed by atoms with Crippen molar-refractivity contribution in [3.63, 3.8) is 0 Å². The number of para-hydroxylation sites is 1. The maximum absolute atomic E-state index is 6.05. The maximum Gasteiger partial charge on any atom is 0.264 e. The summed E-state index contributed by atoms with van der Waals surface area (Å²) in [7, 11) is 1.92. The Bertz CT molecular complexity index is 909. The maximum atomic E-state index is 6.05. The summed E-state index contributed by atoms with van der Waals surface area (Å²) in [6.07, 6.45) is 0.718. The van der Waals surface area contributed by atoms with Crippen molar-refractivity contribution in [2.24, 2.45) is 0 Å². The third-order valence-corrected chi connectivity index (χ3v) is 5.07. The fraction of sp³-hybridized carbons (Fsp3) is 0.240. The van der Waals surface area contributed by atoms with Gasteiger partial charge in [-0.15, -0.1) is 0 Å². The number of anilines is 1. The molecular formula is C25H27NO2S. The Morgan fingerprint density at radius 3 is 2.00 bits per heavy atom. The van der Waals surface area contributed by atoms with Gasteiger partial charge in [-0.25, -0.2) is 0 Å². The van der Waals surface area contributed by atoms with E-state index in [-0.39, 0.29) is 0 Å². The van der Waals surface area contributed by atoms with Gasteiger partial charge in [0.15, 0.2) is 0 Å². The van der Waals surface area contributed by atoms with Crippen LogP contribution in [0.25, 0.3) is 11.1 Å². The fourth-order valence-corrected chi connectivity index (χ4v) is 3.23. The van der Waals surface area contributed by atoms with Crippen LogP contribution in [0.3, 0.4) is 0 Å². The highest BCUT2D eigenvalue weighted by Gasteiger charge is 2.23. The van der Waals surface area contributed by atoms with Gasteiger partial charge in [0.05, 0.1) is 6.61 Å². The van der Waals surface area contributed by atoms with Gasteiger partial charge in [0.25, 0.3) is 5.17 Å². The van der Waals surface area contributed by atoms with Crippen LogP contribution in [0.5, 0.6) is 5.75 Å². The van der Waals surface area contributed by atoms with E-state index < -0.39 is 5.60 Å². The van der Waals surface area contributed by atoms with Crippen molar-refractivity contribution in [2.75, 3.05) is 18.6 Å². The SMILES string of the molecule is CN(C(=S)OC(C)(C)CCOc1ccc(-c2ccccc2)cc1)c1ccccc1. The van der Waals surface area contributed by atoms with Crippen LogP contribution < -0.4 is 9.64 Å². The lowest BCUT2D eigenvalue weighted by molar-refractivity contribution is 0.0704. The topological polar surface area (TPSA) is 21.7 Å². The first kappa shape index (κ1) is 20.9. The molecule has 0 saturated heterocycles. The molecule has 0 bridgehead atoms. The van der Waals surface area contributed by atoms with Crippen LogP contribution in [-0.4, -0.2) is 24.4 Å². The highest BCUT2D eigenvalue weighted by atomic mass is 32.1. The van der Waals surface area contributed by atoms with E-state index in [2.05, 4.69) is 24.3 Å². The van der Waals surface area contributed by atoms with Crippen molar-refractivity contribution < 1.29 is 9.47 Å². The Morgan fingerprint density at radius 2 is 1.38 bits per heavy atom. The lowest BCUT2D eigenvalue weighted by atomic mass is 10.1. The first-order valence-electron chi connectivity index (χ1n) is 9.75. The summed E-state index contributed by atoms with van der Waals surface area (Å²) in [5.74, 6) is 0.851. The normalized spacial score (nSPS) is 11.0. The molecule has 0 saturated carbocycles. The predicted molar refractivity (Wildman–Crippen MR) is 125 cm³/mol. The molecule has 0 amide bonds. The van der Waals surface area contributed by atoms with Gasteiger partial charge in [-0.3, -0.25) is 0 Å². The largest absolute Gasteiger partial charge is 0.493 e. The number of hydrogen-bond acceptors (Lipinski definition) is 3. The van der Waals surface area contributed by atoms with E-state index in [1.54, 1.807) is 0 Å². The molecule has 0 aliphatic heterocycles. The molecule has 0 fully saturated rings. The molecule has 0 spiro atoms. The Labute approximate surface area is 178 Å². The van der Waals surface area contributed by atoms with Crippen LogP contribution in [0.15, 0.2) is 84.9 Å². The number of nitrogens with zero attached hydrogens (tertiary/aromatic N) is 1. The second-order valence-corrected chi connectivity index (χ2v) is 7.86. The molecule has 0 N–H and O–H groups in total. The quantitative estimate of drug-likeness (QED) is 0.428. The van der Waals surface area contributed by atoms with Crippen LogP contribution in [-0.2, 0) is 4.74 Å². The molecule has 0 atom stereocenters. The highest BCUT2D eigenvalue weighted by Crippen LogP contribution is 2.23. The molecule has 0 aliphatic rings. The second kappa shape index (κ2) is 9.57. The lowest BCUT2D eigenvalue weighted by Gasteiger charge is -2.30. The number of hydrogen-bond donors (Lipinski definition) is 0. The van der Waals surface area contributed by atoms with Crippen LogP contribution >= 0.6 is 12.2 Å². The molecule has 4 heteroatoms. The molecule has 0 unspecified atom stereocenters. The molecule has 0 aliphatic carbocycles. The van der Waals surface area contributed by atoms with Gasteiger partial charge in [0, 0.05) is 19.2 Å². The van der Waals surface area contributed by atoms with E-state index >= 15 is 0 Å². The Balaban J connectivity index is 1.49. The minimum absolute atomic E-state index is 0.426. The van der Waals surface area contributed by atoms with Crippen LogP contribution in [0.1, 0.15) is 20.3 Å². The van der Waals surface area contributed by atoms with Crippen molar-refractivity contribution >= 4 is 23.1 Å². The lowest BCUT2D eigenvalue weighted by Crippen LogP contribution is -2.36. The third kappa shape index (κ3) is 6.06. The molecule has 0 heterocycles. The molecule has 3 aromatic rings. The van der Waals surface area contributed by atoms with Crippen LogP contribution in [0, 0.1) is 0 Å². The van der Waals surface area contributed by atoms with E-state index in [1.807, 2.05) is 86.5 Å². The monoisotopic (exact) mass is 405 g/mol. The summed E-state index contributed by atoms with van der Waals surface area (Å²) in [5, 5.41) is 0.452. The third-order valence-electron chi connectivity index (χ3n) is 4.72. The van der Waals surface area contributed by atoms with E-state index in [1.165, 1.54) is 11.1 Å². The average molecular weight is 406 g/mol. The van der Waals surface area contributed by atoms with Crippen molar-refractivity contribution in [3.05, 3.63) is 84.9 Å². The minimum atomic E-state index is -0.426. The van der Waals surface area contributed by atoms with Crippen LogP contribution in [0.4, 0.5) is 5.69 Å².